The molecule has 0 atom stereocenters. The summed E-state index contributed by atoms with van der Waals surface area (Å²) in [6, 6.07) is 39.3. The smallest absolute Gasteiger partial charge is 0.0538 e. The zero-order chi connectivity index (χ0) is 22.2. The second kappa shape index (κ2) is 6.49. The average Bonchev–Trinajstić information content (AvgIpc) is 3.46. The summed E-state index contributed by atoms with van der Waals surface area (Å²) in [5.41, 5.74) is 10.3. The van der Waals surface area contributed by atoms with Crippen LogP contribution in [0.1, 0.15) is 25.2 Å². The molecule has 0 radical (unpaired) electrons. The number of nitrogens with zero attached hydrogens (tertiary/aromatic N) is 2. The maximum Gasteiger partial charge on any atom is 0.0538 e. The van der Waals surface area contributed by atoms with E-state index in [1.54, 1.807) is 0 Å². The van der Waals surface area contributed by atoms with E-state index in [2.05, 4.69) is 132 Å². The number of rotatable bonds is 2. The molecule has 1 aliphatic carbocycles. The van der Waals surface area contributed by atoms with Crippen molar-refractivity contribution in [2.24, 2.45) is 0 Å². The molecule has 2 nitrogen and oxygen atoms in total. The Hall–Kier alpha value is -4.04. The van der Waals surface area contributed by atoms with Gasteiger partial charge in [0.1, 0.15) is 0 Å². The molecule has 0 aliphatic heterocycles. The number of para-hydroxylation sites is 4. The Morgan fingerprint density at radius 2 is 0.818 bits per heavy atom. The summed E-state index contributed by atoms with van der Waals surface area (Å²) in [7, 11) is 0. The average molecular weight is 425 g/mol. The van der Waals surface area contributed by atoms with Gasteiger partial charge in [0.15, 0.2) is 0 Å². The number of fused-ring (bicyclic) bond motifs is 7. The van der Waals surface area contributed by atoms with Gasteiger partial charge in [-0.15, -0.1) is 0 Å². The molecule has 158 valence electrons. The summed E-state index contributed by atoms with van der Waals surface area (Å²) >= 11 is 0. The van der Waals surface area contributed by atoms with E-state index in [4.69, 9.17) is 0 Å². The van der Waals surface area contributed by atoms with Crippen LogP contribution in [0.15, 0.2) is 109 Å². The largest absolute Gasteiger partial charge is 0.312 e. The normalized spacial score (nSPS) is 14.0. The van der Waals surface area contributed by atoms with Crippen LogP contribution < -0.4 is 0 Å². The molecule has 6 aromatic rings. The minimum absolute atomic E-state index is 0.186. The summed E-state index contributed by atoms with van der Waals surface area (Å²) < 4.78 is 4.96. The highest BCUT2D eigenvalue weighted by molar-refractivity contribution is 6.12. The first-order valence-corrected chi connectivity index (χ1v) is 11.6. The fraction of sp³-hybridized carbons (Fsp3) is 0.0968. The van der Waals surface area contributed by atoms with Crippen LogP contribution in [0.3, 0.4) is 0 Å². The highest BCUT2D eigenvalue weighted by atomic mass is 15.1. The highest BCUT2D eigenvalue weighted by Crippen LogP contribution is 2.57. The third-order valence-corrected chi connectivity index (χ3v) is 7.21. The van der Waals surface area contributed by atoms with Crippen LogP contribution in [0.2, 0.25) is 0 Å². The van der Waals surface area contributed by atoms with Gasteiger partial charge in [-0.3, -0.25) is 0 Å². The minimum atomic E-state index is -0.186. The van der Waals surface area contributed by atoms with Crippen LogP contribution in [0.25, 0.3) is 44.3 Å². The van der Waals surface area contributed by atoms with Crippen molar-refractivity contribution in [3.05, 3.63) is 121 Å². The summed E-state index contributed by atoms with van der Waals surface area (Å²) in [5.74, 6) is 0. The first-order chi connectivity index (χ1) is 16.2. The molecule has 7 rings (SSSR count). The van der Waals surface area contributed by atoms with E-state index >= 15 is 0 Å². The van der Waals surface area contributed by atoms with Gasteiger partial charge in [0.2, 0.25) is 0 Å². The van der Waals surface area contributed by atoms with E-state index in [1.807, 2.05) is 0 Å². The topological polar surface area (TPSA) is 9.86 Å². The SMILES string of the molecule is CC1(C)c2c(c3ccccc3n2-c2ccccc2)-c2c1n(-c1ccccc1)c1ccccc21. The molecule has 0 spiro atoms. The molecule has 4 aromatic carbocycles. The van der Waals surface area contributed by atoms with Gasteiger partial charge in [-0.1, -0.05) is 72.8 Å². The molecule has 2 heteroatoms. The lowest BCUT2D eigenvalue weighted by molar-refractivity contribution is 0.593. The van der Waals surface area contributed by atoms with Crippen molar-refractivity contribution in [3.8, 4) is 22.5 Å². The molecule has 0 fully saturated rings. The number of benzene rings is 4. The van der Waals surface area contributed by atoms with Crippen molar-refractivity contribution >= 4 is 21.8 Å². The van der Waals surface area contributed by atoms with Gasteiger partial charge < -0.3 is 9.13 Å². The van der Waals surface area contributed by atoms with Crippen molar-refractivity contribution in [1.29, 1.82) is 0 Å². The number of hydrogen-bond donors (Lipinski definition) is 0. The molecule has 1 aliphatic rings. The Kier molecular flexibility index (Phi) is 3.64. The highest BCUT2D eigenvalue weighted by Gasteiger charge is 2.45. The van der Waals surface area contributed by atoms with Crippen molar-refractivity contribution < 1.29 is 0 Å². The summed E-state index contributed by atoms with van der Waals surface area (Å²) in [4.78, 5) is 0. The quantitative estimate of drug-likeness (QED) is 0.267. The third kappa shape index (κ3) is 2.33. The zero-order valence-corrected chi connectivity index (χ0v) is 18.8. The van der Waals surface area contributed by atoms with Crippen molar-refractivity contribution in [1.82, 2.24) is 9.13 Å². The zero-order valence-electron chi connectivity index (χ0n) is 18.8. The van der Waals surface area contributed by atoms with Gasteiger partial charge in [-0.25, -0.2) is 0 Å². The Morgan fingerprint density at radius 3 is 1.24 bits per heavy atom. The summed E-state index contributed by atoms with van der Waals surface area (Å²) in [6.07, 6.45) is 0. The molecule has 0 bridgehead atoms. The molecule has 0 saturated carbocycles. The molecular formula is C31H24N2. The van der Waals surface area contributed by atoms with Crippen LogP contribution in [0, 0.1) is 0 Å². The van der Waals surface area contributed by atoms with Gasteiger partial charge in [0.05, 0.1) is 11.0 Å². The first kappa shape index (κ1) is 18.5. The first-order valence-electron chi connectivity index (χ1n) is 11.6. The van der Waals surface area contributed by atoms with Gasteiger partial charge in [0.25, 0.3) is 0 Å². The van der Waals surface area contributed by atoms with Gasteiger partial charge >= 0.3 is 0 Å². The van der Waals surface area contributed by atoms with Gasteiger partial charge in [0, 0.05) is 50.1 Å². The van der Waals surface area contributed by atoms with Crippen LogP contribution in [-0.2, 0) is 5.41 Å². The summed E-state index contributed by atoms with van der Waals surface area (Å²) in [5, 5.41) is 2.64. The van der Waals surface area contributed by atoms with Crippen LogP contribution in [0.5, 0.6) is 0 Å². The molecular weight excluding hydrogens is 400 g/mol. The van der Waals surface area contributed by atoms with Gasteiger partial charge in [-0.05, 0) is 50.2 Å². The van der Waals surface area contributed by atoms with Crippen LogP contribution in [0.4, 0.5) is 0 Å². The van der Waals surface area contributed by atoms with E-state index in [-0.39, 0.29) is 5.41 Å². The lowest BCUT2D eigenvalue weighted by Gasteiger charge is -2.26. The molecule has 0 amide bonds. The molecule has 0 N–H and O–H groups in total. The predicted octanol–water partition coefficient (Wildman–Crippen LogP) is 7.88. The van der Waals surface area contributed by atoms with E-state index < -0.39 is 0 Å². The molecule has 0 saturated heterocycles. The fourth-order valence-corrected chi connectivity index (χ4v) is 5.97. The Balaban J connectivity index is 1.70. The lowest BCUT2D eigenvalue weighted by Crippen LogP contribution is -2.23. The van der Waals surface area contributed by atoms with E-state index in [1.165, 1.54) is 55.7 Å². The number of aromatic nitrogens is 2. The fourth-order valence-electron chi connectivity index (χ4n) is 5.97. The minimum Gasteiger partial charge on any atom is -0.312 e. The Bertz CT molecular complexity index is 1540. The molecule has 2 aromatic heterocycles. The van der Waals surface area contributed by atoms with E-state index in [9.17, 15) is 0 Å². The van der Waals surface area contributed by atoms with Crippen molar-refractivity contribution in [2.45, 2.75) is 19.3 Å². The Labute approximate surface area is 193 Å². The predicted molar refractivity (Wildman–Crippen MR) is 138 cm³/mol. The number of hydrogen-bond acceptors (Lipinski definition) is 0. The molecule has 33 heavy (non-hydrogen) atoms. The van der Waals surface area contributed by atoms with E-state index in [0.29, 0.717) is 0 Å². The maximum absolute atomic E-state index is 2.48. The molecule has 2 heterocycles. The van der Waals surface area contributed by atoms with Gasteiger partial charge in [-0.2, -0.15) is 0 Å². The van der Waals surface area contributed by atoms with E-state index in [0.717, 1.165) is 0 Å². The third-order valence-electron chi connectivity index (χ3n) is 7.21. The standard InChI is InChI=1S/C31H24N2/c1-31(2)29-27(23-17-9-11-19-25(23)32(29)21-13-5-3-6-14-21)28-24-18-10-12-20-26(24)33(30(28)31)22-15-7-4-8-16-22/h3-20H,1-2H3. The maximum atomic E-state index is 2.48. The second-order valence-corrected chi connectivity index (χ2v) is 9.45. The van der Waals surface area contributed by atoms with Crippen molar-refractivity contribution in [2.75, 3.05) is 0 Å². The monoisotopic (exact) mass is 424 g/mol. The second-order valence-electron chi connectivity index (χ2n) is 9.45. The Morgan fingerprint density at radius 1 is 0.455 bits per heavy atom. The lowest BCUT2D eigenvalue weighted by atomic mass is 9.88. The van der Waals surface area contributed by atoms with Crippen LogP contribution >= 0.6 is 0 Å². The summed E-state index contributed by atoms with van der Waals surface area (Å²) in [6.45, 7) is 4.77. The van der Waals surface area contributed by atoms with Crippen LogP contribution in [-0.4, -0.2) is 9.13 Å². The van der Waals surface area contributed by atoms with Crippen molar-refractivity contribution in [3.63, 3.8) is 0 Å². The molecule has 0 unspecified atom stereocenters.